The highest BCUT2D eigenvalue weighted by atomic mass is 79.9. The van der Waals surface area contributed by atoms with Crippen LogP contribution in [0.5, 0.6) is 0 Å². The van der Waals surface area contributed by atoms with Gasteiger partial charge >= 0.3 is 5.97 Å². The second-order valence-corrected chi connectivity index (χ2v) is 8.70. The van der Waals surface area contributed by atoms with Gasteiger partial charge in [-0.2, -0.15) is 0 Å². The van der Waals surface area contributed by atoms with Crippen LogP contribution in [0.4, 0.5) is 5.69 Å². The molecule has 2 aromatic rings. The van der Waals surface area contributed by atoms with Gasteiger partial charge in [0.25, 0.3) is 0 Å². The number of anilines is 1. The van der Waals surface area contributed by atoms with Crippen LogP contribution in [0, 0.1) is 11.8 Å². The van der Waals surface area contributed by atoms with E-state index < -0.39 is 5.97 Å². The average Bonchev–Trinajstić information content (AvgIpc) is 2.97. The third-order valence-corrected chi connectivity index (χ3v) is 5.60. The average molecular weight is 450 g/mol. The SMILES string of the molecule is CCOC(=O)c1[nH]c2ccc(Br)cc2c1NC(=O)CCN1C[C@@H](C)C[C@H](C)C1. The molecular weight excluding hydrogens is 422 g/mol. The number of carbonyl (C=O) groups is 2. The number of carbonyl (C=O) groups excluding carboxylic acids is 2. The molecule has 0 aliphatic carbocycles. The van der Waals surface area contributed by atoms with Crippen molar-refractivity contribution in [2.75, 3.05) is 31.6 Å². The van der Waals surface area contributed by atoms with Crippen LogP contribution < -0.4 is 5.32 Å². The van der Waals surface area contributed by atoms with Crippen molar-refractivity contribution in [1.29, 1.82) is 0 Å². The lowest BCUT2D eigenvalue weighted by Crippen LogP contribution is -2.40. The van der Waals surface area contributed by atoms with Crippen LogP contribution in [0.3, 0.4) is 0 Å². The van der Waals surface area contributed by atoms with E-state index in [4.69, 9.17) is 4.74 Å². The van der Waals surface area contributed by atoms with Crippen molar-refractivity contribution in [3.8, 4) is 0 Å². The quantitative estimate of drug-likeness (QED) is 0.640. The molecule has 2 atom stereocenters. The van der Waals surface area contributed by atoms with Crippen LogP contribution in [0.2, 0.25) is 0 Å². The van der Waals surface area contributed by atoms with E-state index in [0.29, 0.717) is 23.9 Å². The summed E-state index contributed by atoms with van der Waals surface area (Å²) in [4.78, 5) is 30.5. The first-order chi connectivity index (χ1) is 13.4. The number of aromatic amines is 1. The Morgan fingerprint density at radius 2 is 2.00 bits per heavy atom. The zero-order valence-corrected chi connectivity index (χ0v) is 18.3. The minimum absolute atomic E-state index is 0.0997. The van der Waals surface area contributed by atoms with Crippen LogP contribution in [-0.4, -0.2) is 48.0 Å². The summed E-state index contributed by atoms with van der Waals surface area (Å²) < 4.78 is 6.02. The second kappa shape index (κ2) is 9.09. The molecule has 2 N–H and O–H groups in total. The molecule has 28 heavy (non-hydrogen) atoms. The number of nitrogens with one attached hydrogen (secondary N) is 2. The Morgan fingerprint density at radius 1 is 1.29 bits per heavy atom. The largest absolute Gasteiger partial charge is 0.461 e. The molecule has 0 bridgehead atoms. The molecule has 1 aromatic heterocycles. The number of amides is 1. The van der Waals surface area contributed by atoms with Gasteiger partial charge in [-0.3, -0.25) is 4.79 Å². The predicted octanol–water partition coefficient (Wildman–Crippen LogP) is 4.41. The number of benzene rings is 1. The number of hydrogen-bond acceptors (Lipinski definition) is 4. The summed E-state index contributed by atoms with van der Waals surface area (Å²) >= 11 is 3.45. The summed E-state index contributed by atoms with van der Waals surface area (Å²) in [5.41, 5.74) is 1.55. The van der Waals surface area contributed by atoms with Crippen molar-refractivity contribution >= 4 is 44.4 Å². The van der Waals surface area contributed by atoms with Crippen LogP contribution in [-0.2, 0) is 9.53 Å². The Balaban J connectivity index is 1.74. The summed E-state index contributed by atoms with van der Waals surface area (Å²) in [5.74, 6) is 0.752. The third kappa shape index (κ3) is 4.94. The van der Waals surface area contributed by atoms with Gasteiger partial charge in [0.1, 0.15) is 5.69 Å². The fourth-order valence-corrected chi connectivity index (χ4v) is 4.45. The molecule has 0 radical (unpaired) electrons. The fourth-order valence-electron chi connectivity index (χ4n) is 4.09. The highest BCUT2D eigenvalue weighted by Crippen LogP contribution is 2.31. The number of fused-ring (bicyclic) bond motifs is 1. The fraction of sp³-hybridized carbons (Fsp3) is 0.524. The van der Waals surface area contributed by atoms with Crippen molar-refractivity contribution in [2.45, 2.75) is 33.6 Å². The van der Waals surface area contributed by atoms with E-state index in [-0.39, 0.29) is 18.2 Å². The molecule has 1 aromatic carbocycles. The molecule has 1 saturated heterocycles. The molecule has 3 rings (SSSR count). The van der Waals surface area contributed by atoms with Crippen molar-refractivity contribution in [1.82, 2.24) is 9.88 Å². The summed E-state index contributed by atoms with van der Waals surface area (Å²) in [6.45, 7) is 9.35. The molecule has 7 heteroatoms. The smallest absolute Gasteiger partial charge is 0.356 e. The first-order valence-electron chi connectivity index (χ1n) is 9.88. The molecule has 1 amide bonds. The first kappa shape index (κ1) is 20.9. The van der Waals surface area contributed by atoms with Gasteiger partial charge in [0.15, 0.2) is 0 Å². The maximum absolute atomic E-state index is 12.7. The van der Waals surface area contributed by atoms with Gasteiger partial charge in [-0.05, 0) is 43.4 Å². The predicted molar refractivity (Wildman–Crippen MR) is 115 cm³/mol. The molecule has 0 unspecified atom stereocenters. The molecule has 1 aliphatic rings. The van der Waals surface area contributed by atoms with Crippen LogP contribution in [0.1, 0.15) is 44.1 Å². The van der Waals surface area contributed by atoms with E-state index in [1.54, 1.807) is 6.92 Å². The first-order valence-corrected chi connectivity index (χ1v) is 10.7. The monoisotopic (exact) mass is 449 g/mol. The van der Waals surface area contributed by atoms with Crippen LogP contribution >= 0.6 is 15.9 Å². The number of rotatable bonds is 6. The normalized spacial score (nSPS) is 20.3. The number of piperidine rings is 1. The maximum Gasteiger partial charge on any atom is 0.356 e. The zero-order chi connectivity index (χ0) is 20.3. The highest BCUT2D eigenvalue weighted by Gasteiger charge is 2.24. The zero-order valence-electron chi connectivity index (χ0n) is 16.7. The second-order valence-electron chi connectivity index (χ2n) is 7.79. The molecule has 6 nitrogen and oxygen atoms in total. The molecule has 0 spiro atoms. The van der Waals surface area contributed by atoms with Crippen molar-refractivity contribution in [2.24, 2.45) is 11.8 Å². The number of esters is 1. The van der Waals surface area contributed by atoms with E-state index >= 15 is 0 Å². The van der Waals surface area contributed by atoms with Gasteiger partial charge in [0, 0.05) is 41.4 Å². The Bertz CT molecular complexity index is 854. The summed E-state index contributed by atoms with van der Waals surface area (Å²) in [6.07, 6.45) is 1.64. The number of ether oxygens (including phenoxy) is 1. The Hall–Kier alpha value is -1.86. The van der Waals surface area contributed by atoms with E-state index in [1.807, 2.05) is 18.2 Å². The van der Waals surface area contributed by atoms with Gasteiger partial charge in [-0.15, -0.1) is 0 Å². The van der Waals surface area contributed by atoms with Gasteiger partial charge in [0.05, 0.1) is 12.3 Å². The number of H-pyrrole nitrogens is 1. The van der Waals surface area contributed by atoms with Gasteiger partial charge < -0.3 is 19.9 Å². The van der Waals surface area contributed by atoms with Crippen molar-refractivity contribution < 1.29 is 14.3 Å². The highest BCUT2D eigenvalue weighted by molar-refractivity contribution is 9.10. The topological polar surface area (TPSA) is 74.4 Å². The minimum atomic E-state index is -0.469. The standard InChI is InChI=1S/C21H28BrN3O3/c1-4-28-21(27)20-19(16-10-15(22)5-6-17(16)23-20)24-18(26)7-8-25-11-13(2)9-14(3)12-25/h5-6,10,13-14,23H,4,7-9,11-12H2,1-3H3,(H,24,26)/t13-,14-/m0/s1. The maximum atomic E-state index is 12.7. The summed E-state index contributed by atoms with van der Waals surface area (Å²) in [5, 5.41) is 3.73. The van der Waals surface area contributed by atoms with Crippen molar-refractivity contribution in [3.05, 3.63) is 28.4 Å². The lowest BCUT2D eigenvalue weighted by atomic mass is 9.92. The lowest BCUT2D eigenvalue weighted by molar-refractivity contribution is -0.116. The Labute approximate surface area is 174 Å². The summed E-state index contributed by atoms with van der Waals surface area (Å²) in [6, 6.07) is 5.64. The number of likely N-dealkylation sites (tertiary alicyclic amines) is 1. The Kier molecular flexibility index (Phi) is 6.78. The number of aromatic nitrogens is 1. The number of hydrogen-bond donors (Lipinski definition) is 2. The lowest BCUT2D eigenvalue weighted by Gasteiger charge is -2.34. The third-order valence-electron chi connectivity index (χ3n) is 5.10. The molecule has 2 heterocycles. The van der Waals surface area contributed by atoms with Gasteiger partial charge in [0.2, 0.25) is 5.91 Å². The molecule has 152 valence electrons. The van der Waals surface area contributed by atoms with Crippen LogP contribution in [0.25, 0.3) is 10.9 Å². The molecule has 1 aliphatic heterocycles. The van der Waals surface area contributed by atoms with E-state index in [9.17, 15) is 9.59 Å². The summed E-state index contributed by atoms with van der Waals surface area (Å²) in [7, 11) is 0. The molecular formula is C21H28BrN3O3. The van der Waals surface area contributed by atoms with E-state index in [0.717, 1.165) is 35.0 Å². The van der Waals surface area contributed by atoms with Crippen molar-refractivity contribution in [3.63, 3.8) is 0 Å². The molecule has 0 saturated carbocycles. The van der Waals surface area contributed by atoms with Crippen LogP contribution in [0.15, 0.2) is 22.7 Å². The van der Waals surface area contributed by atoms with E-state index in [2.05, 4.69) is 45.0 Å². The number of nitrogens with zero attached hydrogens (tertiary/aromatic N) is 1. The van der Waals surface area contributed by atoms with Gasteiger partial charge in [-0.1, -0.05) is 29.8 Å². The Morgan fingerprint density at radius 3 is 2.68 bits per heavy atom. The number of halogens is 1. The van der Waals surface area contributed by atoms with Gasteiger partial charge in [-0.25, -0.2) is 4.79 Å². The van der Waals surface area contributed by atoms with E-state index in [1.165, 1.54) is 6.42 Å². The minimum Gasteiger partial charge on any atom is -0.461 e. The molecule has 1 fully saturated rings.